The lowest BCUT2D eigenvalue weighted by Crippen LogP contribution is -2.55. The summed E-state index contributed by atoms with van der Waals surface area (Å²) < 4.78 is 0.687. The Kier molecular flexibility index (Phi) is 11.5. The quantitative estimate of drug-likeness (QED) is 0.124. The highest BCUT2D eigenvalue weighted by Gasteiger charge is 2.33. The van der Waals surface area contributed by atoms with E-state index in [4.69, 9.17) is 10.8 Å². The number of nitrogens with one attached hydrogen (secondary N) is 3. The second-order valence-corrected chi connectivity index (χ2v) is 8.41. The Morgan fingerprint density at radius 1 is 1.19 bits per heavy atom. The number of halogens is 1. The van der Waals surface area contributed by atoms with E-state index in [1.54, 1.807) is 20.8 Å². The zero-order chi connectivity index (χ0) is 20.5. The molecule has 26 heavy (non-hydrogen) atoms. The molecule has 0 aliphatic rings. The van der Waals surface area contributed by atoms with Crippen LogP contribution in [0.15, 0.2) is 0 Å². The first-order valence-corrected chi connectivity index (χ1v) is 10.3. The Morgan fingerprint density at radius 3 is 2.19 bits per heavy atom. The maximum atomic E-state index is 12.7. The number of nitrogens with two attached hydrogens (primary N) is 1. The van der Waals surface area contributed by atoms with Crippen molar-refractivity contribution in [1.82, 2.24) is 16.0 Å². The third-order valence-electron chi connectivity index (χ3n) is 3.85. The first-order valence-electron chi connectivity index (χ1n) is 8.75. The normalized spacial score (nSPS) is 16.3. The number of alkyl halides is 1. The van der Waals surface area contributed by atoms with Gasteiger partial charge in [0.1, 0.15) is 6.04 Å². The fourth-order valence-electron chi connectivity index (χ4n) is 2.38. The minimum atomic E-state index is -1.12. The monoisotopic (exact) mass is 484 g/mol. The summed E-state index contributed by atoms with van der Waals surface area (Å²) in [6.07, 6.45) is -0.157. The number of aliphatic hydroxyl groups is 1. The Balaban J connectivity index is 5.13. The zero-order valence-corrected chi connectivity index (χ0v) is 18.4. The van der Waals surface area contributed by atoms with Crippen molar-refractivity contribution < 1.29 is 19.5 Å². The number of hydrogen-bond acceptors (Lipinski definition) is 6. The molecule has 0 aliphatic heterocycles. The van der Waals surface area contributed by atoms with Gasteiger partial charge in [-0.25, -0.2) is 0 Å². The Bertz CT molecular complexity index is 480. The van der Waals surface area contributed by atoms with Crippen molar-refractivity contribution >= 4 is 40.2 Å². The zero-order valence-electron chi connectivity index (χ0n) is 16.3. The summed E-state index contributed by atoms with van der Waals surface area (Å²) in [6, 6.07) is -1.36. The Labute approximate surface area is 169 Å². The van der Waals surface area contributed by atoms with Crippen LogP contribution in [0.2, 0.25) is 0 Å². The highest BCUT2D eigenvalue weighted by atomic mass is 127. The van der Waals surface area contributed by atoms with E-state index in [1.807, 2.05) is 6.92 Å². The third-order valence-corrected chi connectivity index (χ3v) is 5.24. The van der Waals surface area contributed by atoms with E-state index < -0.39 is 23.9 Å². The highest BCUT2D eigenvalue weighted by molar-refractivity contribution is 14.1. The SMILES string of the molecule is CC(=O)N[C@H](C(=O)N[C@@H](CCCNC(N)O)C(=O)C(C)(C)C)C(C)CI. The lowest BCUT2D eigenvalue weighted by molar-refractivity contribution is -0.134. The van der Waals surface area contributed by atoms with Crippen molar-refractivity contribution in [2.75, 3.05) is 11.0 Å². The number of carbonyl (C=O) groups is 3. The first-order chi connectivity index (χ1) is 11.9. The van der Waals surface area contributed by atoms with Crippen LogP contribution in [-0.4, -0.2) is 52.1 Å². The smallest absolute Gasteiger partial charge is 0.243 e. The van der Waals surface area contributed by atoms with Gasteiger partial charge in [0, 0.05) is 16.8 Å². The van der Waals surface area contributed by atoms with Crippen LogP contribution in [0.5, 0.6) is 0 Å². The average Bonchev–Trinajstić information content (AvgIpc) is 2.52. The molecule has 0 saturated heterocycles. The van der Waals surface area contributed by atoms with Crippen LogP contribution in [0, 0.1) is 11.3 Å². The van der Waals surface area contributed by atoms with Gasteiger partial charge in [-0.3, -0.25) is 25.4 Å². The molecule has 0 saturated carbocycles. The van der Waals surface area contributed by atoms with Gasteiger partial charge in [-0.05, 0) is 25.3 Å². The van der Waals surface area contributed by atoms with Crippen LogP contribution in [0.3, 0.4) is 0 Å². The van der Waals surface area contributed by atoms with E-state index in [-0.39, 0.29) is 23.5 Å². The number of Topliss-reactive ketones (excluding diaryl/α,β-unsaturated/α-hetero) is 1. The summed E-state index contributed by atoms with van der Waals surface area (Å²) in [7, 11) is 0. The Morgan fingerprint density at radius 2 is 1.77 bits per heavy atom. The van der Waals surface area contributed by atoms with Crippen molar-refractivity contribution in [3.8, 4) is 0 Å². The summed E-state index contributed by atoms with van der Waals surface area (Å²) in [6.45, 7) is 9.06. The molecule has 0 radical (unpaired) electrons. The number of ketones is 1. The van der Waals surface area contributed by atoms with Crippen LogP contribution >= 0.6 is 22.6 Å². The summed E-state index contributed by atoms with van der Waals surface area (Å²) in [5, 5.41) is 17.2. The molecule has 0 aromatic heterocycles. The van der Waals surface area contributed by atoms with Crippen LogP contribution in [0.25, 0.3) is 0 Å². The molecule has 0 spiro atoms. The first kappa shape index (κ1) is 25.2. The molecule has 0 aromatic carbocycles. The van der Waals surface area contributed by atoms with Crippen molar-refractivity contribution in [3.05, 3.63) is 0 Å². The van der Waals surface area contributed by atoms with Crippen LogP contribution < -0.4 is 21.7 Å². The van der Waals surface area contributed by atoms with Crippen molar-refractivity contribution in [3.63, 3.8) is 0 Å². The lowest BCUT2D eigenvalue weighted by atomic mass is 9.84. The van der Waals surface area contributed by atoms with Crippen molar-refractivity contribution in [2.45, 2.75) is 65.9 Å². The van der Waals surface area contributed by atoms with Crippen molar-refractivity contribution in [2.24, 2.45) is 17.1 Å². The number of amides is 2. The van der Waals surface area contributed by atoms with E-state index >= 15 is 0 Å². The van der Waals surface area contributed by atoms with Gasteiger partial charge in [0.15, 0.2) is 12.1 Å². The van der Waals surface area contributed by atoms with Crippen LogP contribution in [-0.2, 0) is 14.4 Å². The second-order valence-electron chi connectivity index (χ2n) is 7.53. The molecule has 0 heterocycles. The maximum absolute atomic E-state index is 12.7. The molecule has 4 atom stereocenters. The van der Waals surface area contributed by atoms with Crippen LogP contribution in [0.4, 0.5) is 0 Å². The number of rotatable bonds is 11. The number of hydrogen-bond donors (Lipinski definition) is 5. The molecule has 152 valence electrons. The van der Waals surface area contributed by atoms with Gasteiger partial charge in [-0.1, -0.05) is 50.3 Å². The van der Waals surface area contributed by atoms with Gasteiger partial charge in [-0.15, -0.1) is 0 Å². The largest absolute Gasteiger partial charge is 0.366 e. The summed E-state index contributed by atoms with van der Waals surface area (Å²) in [5.41, 5.74) is 4.61. The van der Waals surface area contributed by atoms with Gasteiger partial charge in [0.25, 0.3) is 0 Å². The fraction of sp³-hybridized carbons (Fsp3) is 0.824. The van der Waals surface area contributed by atoms with E-state index in [0.717, 1.165) is 0 Å². The molecule has 0 aliphatic carbocycles. The minimum Gasteiger partial charge on any atom is -0.366 e. The molecule has 2 amide bonds. The number of aliphatic hydroxyl groups excluding tert-OH is 1. The maximum Gasteiger partial charge on any atom is 0.243 e. The van der Waals surface area contributed by atoms with Gasteiger partial charge < -0.3 is 15.7 Å². The second kappa shape index (κ2) is 11.8. The lowest BCUT2D eigenvalue weighted by Gasteiger charge is -2.29. The predicted molar refractivity (Wildman–Crippen MR) is 109 cm³/mol. The van der Waals surface area contributed by atoms with Gasteiger partial charge >= 0.3 is 0 Å². The standard InChI is InChI=1S/C17H33IN4O4/c1-10(9-18)13(21-11(2)23)15(25)22-12(14(24)17(3,4)5)7-6-8-20-16(19)26/h10,12-13,16,20,26H,6-9,19H2,1-5H3,(H,21,23)(H,22,25)/t10?,12-,13-,16?/m0/s1. The molecule has 0 aromatic rings. The van der Waals surface area contributed by atoms with Gasteiger partial charge in [-0.2, -0.15) is 0 Å². The molecule has 2 unspecified atom stereocenters. The van der Waals surface area contributed by atoms with E-state index in [9.17, 15) is 14.4 Å². The Hall–Kier alpha value is -0.780. The van der Waals surface area contributed by atoms with E-state index in [0.29, 0.717) is 23.8 Å². The van der Waals surface area contributed by atoms with Gasteiger partial charge in [0.05, 0.1) is 6.04 Å². The predicted octanol–water partition coefficient (Wildman–Crippen LogP) is 0.267. The minimum absolute atomic E-state index is 0.0704. The molecule has 0 rings (SSSR count). The molecule has 8 nitrogen and oxygen atoms in total. The molecule has 0 fully saturated rings. The molecule has 6 N–H and O–H groups in total. The summed E-state index contributed by atoms with van der Waals surface area (Å²) in [4.78, 5) is 36.8. The molecule has 9 heteroatoms. The summed E-state index contributed by atoms with van der Waals surface area (Å²) in [5.74, 6) is -0.803. The number of carbonyl (C=O) groups excluding carboxylic acids is 3. The topological polar surface area (TPSA) is 134 Å². The molecule has 0 bridgehead atoms. The van der Waals surface area contributed by atoms with Crippen molar-refractivity contribution in [1.29, 1.82) is 0 Å². The average molecular weight is 484 g/mol. The van der Waals surface area contributed by atoms with E-state index in [1.165, 1.54) is 6.92 Å². The van der Waals surface area contributed by atoms with Crippen LogP contribution in [0.1, 0.15) is 47.5 Å². The van der Waals surface area contributed by atoms with Gasteiger partial charge in [0.2, 0.25) is 11.8 Å². The summed E-state index contributed by atoms with van der Waals surface area (Å²) >= 11 is 2.16. The van der Waals surface area contributed by atoms with E-state index in [2.05, 4.69) is 38.5 Å². The molecular weight excluding hydrogens is 451 g/mol. The third kappa shape index (κ3) is 9.79. The highest BCUT2D eigenvalue weighted by Crippen LogP contribution is 2.19. The molecular formula is C17H33IN4O4. The fourth-order valence-corrected chi connectivity index (χ4v) is 2.89.